The van der Waals surface area contributed by atoms with Crippen LogP contribution in [0.1, 0.15) is 56.6 Å². The molecule has 2 atom stereocenters. The Balaban J connectivity index is 1.96. The lowest BCUT2D eigenvalue weighted by molar-refractivity contribution is 0.159. The van der Waals surface area contributed by atoms with Gasteiger partial charge in [-0.1, -0.05) is 25.8 Å². The smallest absolute Gasteiger partial charge is 0.115 e. The molecule has 1 saturated heterocycles. The van der Waals surface area contributed by atoms with Crippen molar-refractivity contribution in [3.8, 4) is 5.75 Å². The Morgan fingerprint density at radius 3 is 2.74 bits per heavy atom. The van der Waals surface area contributed by atoms with Crippen molar-refractivity contribution in [2.45, 2.75) is 62.3 Å². The summed E-state index contributed by atoms with van der Waals surface area (Å²) in [5.41, 5.74) is 3.58. The van der Waals surface area contributed by atoms with Crippen molar-refractivity contribution in [2.24, 2.45) is 0 Å². The number of rotatable bonds is 0. The molecule has 102 valence electrons. The first-order valence-electron chi connectivity index (χ1n) is 7.72. The summed E-state index contributed by atoms with van der Waals surface area (Å²) in [7, 11) is 0. The lowest BCUT2D eigenvalue weighted by Gasteiger charge is -2.54. The largest absolute Gasteiger partial charge is 0.508 e. The van der Waals surface area contributed by atoms with Gasteiger partial charge in [-0.2, -0.15) is 0 Å². The number of piperidine rings is 1. The summed E-state index contributed by atoms with van der Waals surface area (Å²) < 4.78 is 0. The van der Waals surface area contributed by atoms with Crippen molar-refractivity contribution < 1.29 is 5.11 Å². The predicted molar refractivity (Wildman–Crippen MR) is 76.6 cm³/mol. The standard InChI is InChI=1S/C17H23NO/c1-16-8-9-18-15(11-16)17(6-2-3-7-17)13-5-4-12(19)10-14(13)16/h4-5,10,15,18-19H,2-3,6-9,11H2,1H3. The molecule has 0 amide bonds. The third-order valence-electron chi connectivity index (χ3n) is 6.07. The molecule has 3 aliphatic rings. The van der Waals surface area contributed by atoms with E-state index in [1.165, 1.54) is 49.7 Å². The van der Waals surface area contributed by atoms with Crippen LogP contribution in [0.4, 0.5) is 0 Å². The van der Waals surface area contributed by atoms with Gasteiger partial charge in [0.1, 0.15) is 5.75 Å². The van der Waals surface area contributed by atoms with Gasteiger partial charge in [0.05, 0.1) is 0 Å². The Kier molecular flexibility index (Phi) is 2.33. The number of benzene rings is 1. The summed E-state index contributed by atoms with van der Waals surface area (Å²) in [5.74, 6) is 0.435. The molecule has 1 spiro atoms. The first-order valence-corrected chi connectivity index (χ1v) is 7.72. The molecule has 2 heteroatoms. The monoisotopic (exact) mass is 257 g/mol. The Labute approximate surface area is 115 Å². The molecule has 2 nitrogen and oxygen atoms in total. The average Bonchev–Trinajstić information content (AvgIpc) is 2.88. The van der Waals surface area contributed by atoms with Gasteiger partial charge in [0, 0.05) is 11.5 Å². The molecule has 19 heavy (non-hydrogen) atoms. The number of phenols is 1. The average molecular weight is 257 g/mol. The number of phenolic OH excluding ortho intramolecular Hbond substituents is 1. The molecule has 0 radical (unpaired) electrons. The first-order chi connectivity index (χ1) is 9.14. The highest BCUT2D eigenvalue weighted by Gasteiger charge is 2.53. The highest BCUT2D eigenvalue weighted by Crippen LogP contribution is 2.56. The Bertz CT molecular complexity index is 518. The van der Waals surface area contributed by atoms with E-state index in [4.69, 9.17) is 0 Å². The minimum absolute atomic E-state index is 0.262. The van der Waals surface area contributed by atoms with E-state index >= 15 is 0 Å². The van der Waals surface area contributed by atoms with Crippen LogP contribution in [0.2, 0.25) is 0 Å². The maximum atomic E-state index is 9.92. The SMILES string of the molecule is CC12CCNC(C1)C1(CCCC1)c1ccc(O)cc12. The molecule has 2 unspecified atom stereocenters. The van der Waals surface area contributed by atoms with Gasteiger partial charge in [0.25, 0.3) is 0 Å². The summed E-state index contributed by atoms with van der Waals surface area (Å²) in [6.45, 7) is 3.51. The molecule has 1 aromatic rings. The third kappa shape index (κ3) is 1.47. The van der Waals surface area contributed by atoms with E-state index in [1.54, 1.807) is 0 Å². The van der Waals surface area contributed by atoms with Crippen LogP contribution in [0.3, 0.4) is 0 Å². The van der Waals surface area contributed by atoms with Crippen LogP contribution in [-0.4, -0.2) is 17.7 Å². The molecule has 4 rings (SSSR count). The number of aromatic hydroxyl groups is 1. The van der Waals surface area contributed by atoms with Crippen LogP contribution >= 0.6 is 0 Å². The fourth-order valence-electron chi connectivity index (χ4n) is 5.06. The minimum Gasteiger partial charge on any atom is -0.508 e. The second kappa shape index (κ2) is 3.76. The number of fused-ring (bicyclic) bond motifs is 6. The van der Waals surface area contributed by atoms with Crippen molar-refractivity contribution in [1.82, 2.24) is 5.32 Å². The van der Waals surface area contributed by atoms with Crippen molar-refractivity contribution >= 4 is 0 Å². The summed E-state index contributed by atoms with van der Waals surface area (Å²) in [6.07, 6.45) is 7.78. The van der Waals surface area contributed by atoms with E-state index in [9.17, 15) is 5.11 Å². The van der Waals surface area contributed by atoms with Crippen LogP contribution in [0, 0.1) is 0 Å². The quantitative estimate of drug-likeness (QED) is 0.748. The highest BCUT2D eigenvalue weighted by atomic mass is 16.3. The molecule has 1 saturated carbocycles. The third-order valence-corrected chi connectivity index (χ3v) is 6.07. The molecule has 2 aliphatic carbocycles. The van der Waals surface area contributed by atoms with Gasteiger partial charge < -0.3 is 10.4 Å². The molecular formula is C17H23NO. The number of nitrogens with one attached hydrogen (secondary N) is 1. The van der Waals surface area contributed by atoms with Crippen molar-refractivity contribution in [2.75, 3.05) is 6.54 Å². The van der Waals surface area contributed by atoms with Crippen molar-refractivity contribution in [3.63, 3.8) is 0 Å². The minimum atomic E-state index is 0.262. The molecular weight excluding hydrogens is 234 g/mol. The van der Waals surface area contributed by atoms with E-state index in [0.29, 0.717) is 17.2 Å². The number of hydrogen-bond acceptors (Lipinski definition) is 2. The van der Waals surface area contributed by atoms with E-state index < -0.39 is 0 Å². The fraction of sp³-hybridized carbons (Fsp3) is 0.647. The van der Waals surface area contributed by atoms with Crippen LogP contribution in [-0.2, 0) is 10.8 Å². The van der Waals surface area contributed by atoms with Gasteiger partial charge in [-0.15, -0.1) is 0 Å². The zero-order valence-corrected chi connectivity index (χ0v) is 11.7. The molecule has 1 aromatic carbocycles. The molecule has 1 heterocycles. The van der Waals surface area contributed by atoms with E-state index in [0.717, 1.165) is 6.54 Å². The van der Waals surface area contributed by atoms with Crippen molar-refractivity contribution in [3.05, 3.63) is 29.3 Å². The lowest BCUT2D eigenvalue weighted by Crippen LogP contribution is -2.59. The molecule has 2 bridgehead atoms. The normalized spacial score (nSPS) is 35.3. The summed E-state index contributed by atoms with van der Waals surface area (Å²) >= 11 is 0. The maximum Gasteiger partial charge on any atom is 0.115 e. The van der Waals surface area contributed by atoms with Crippen LogP contribution < -0.4 is 5.32 Å². The van der Waals surface area contributed by atoms with Crippen molar-refractivity contribution in [1.29, 1.82) is 0 Å². The highest BCUT2D eigenvalue weighted by molar-refractivity contribution is 5.49. The first kappa shape index (κ1) is 11.8. The van der Waals surface area contributed by atoms with Crippen LogP contribution in [0.5, 0.6) is 5.75 Å². The Morgan fingerprint density at radius 2 is 1.95 bits per heavy atom. The van der Waals surface area contributed by atoms with Gasteiger partial charge in [-0.05, 0) is 60.9 Å². The van der Waals surface area contributed by atoms with E-state index in [2.05, 4.69) is 24.4 Å². The van der Waals surface area contributed by atoms with Gasteiger partial charge >= 0.3 is 0 Å². The molecule has 0 aromatic heterocycles. The Hall–Kier alpha value is -1.02. The van der Waals surface area contributed by atoms with Crippen LogP contribution in [0.15, 0.2) is 18.2 Å². The van der Waals surface area contributed by atoms with Gasteiger partial charge in [-0.25, -0.2) is 0 Å². The lowest BCUT2D eigenvalue weighted by atomic mass is 9.55. The summed E-state index contributed by atoms with van der Waals surface area (Å²) in [6, 6.07) is 6.80. The van der Waals surface area contributed by atoms with E-state index in [1.807, 2.05) is 6.07 Å². The molecule has 1 aliphatic heterocycles. The number of hydrogen-bond donors (Lipinski definition) is 2. The summed E-state index contributed by atoms with van der Waals surface area (Å²) in [4.78, 5) is 0. The topological polar surface area (TPSA) is 32.3 Å². The zero-order valence-electron chi connectivity index (χ0n) is 11.7. The van der Waals surface area contributed by atoms with Gasteiger partial charge in [0.2, 0.25) is 0 Å². The Morgan fingerprint density at radius 1 is 1.16 bits per heavy atom. The van der Waals surface area contributed by atoms with Gasteiger partial charge in [0.15, 0.2) is 0 Å². The molecule has 2 fully saturated rings. The fourth-order valence-corrected chi connectivity index (χ4v) is 5.06. The second-order valence-electron chi connectivity index (χ2n) is 7.11. The maximum absolute atomic E-state index is 9.92. The van der Waals surface area contributed by atoms with Crippen LogP contribution in [0.25, 0.3) is 0 Å². The van der Waals surface area contributed by atoms with Gasteiger partial charge in [-0.3, -0.25) is 0 Å². The molecule has 2 N–H and O–H groups in total. The zero-order chi connectivity index (χ0) is 13.1. The summed E-state index contributed by atoms with van der Waals surface area (Å²) in [5, 5.41) is 13.7. The predicted octanol–water partition coefficient (Wildman–Crippen LogP) is 3.23. The second-order valence-corrected chi connectivity index (χ2v) is 7.11. The van der Waals surface area contributed by atoms with E-state index in [-0.39, 0.29) is 5.41 Å².